The van der Waals surface area contributed by atoms with Crippen LogP contribution in [-0.2, 0) is 35.4 Å². The Labute approximate surface area is 230 Å². The number of hydrogen-bond acceptors (Lipinski definition) is 7. The molecule has 11 heteroatoms. The fourth-order valence-corrected chi connectivity index (χ4v) is 7.30. The van der Waals surface area contributed by atoms with Crippen LogP contribution in [0.1, 0.15) is 67.8 Å². The number of carbonyl (C=O) groups is 2. The number of sulfonamides is 1. The molecule has 202 valence electrons. The van der Waals surface area contributed by atoms with E-state index in [0.29, 0.717) is 30.2 Å². The van der Waals surface area contributed by atoms with Crippen molar-refractivity contribution in [2.45, 2.75) is 62.4 Å². The Bertz CT molecular complexity index is 1350. The van der Waals surface area contributed by atoms with Crippen LogP contribution >= 0.6 is 12.5 Å². The molecule has 0 spiro atoms. The molecule has 3 aliphatic rings. The molecule has 0 radical (unpaired) electrons. The largest absolute Gasteiger partial charge is 0.459 e. The minimum absolute atomic E-state index is 0.1000. The van der Waals surface area contributed by atoms with Crippen LogP contribution in [0.4, 0.5) is 0 Å². The third kappa shape index (κ3) is 5.89. The minimum Gasteiger partial charge on any atom is -0.459 e. The summed E-state index contributed by atoms with van der Waals surface area (Å²) in [6.45, 7) is 1.74. The van der Waals surface area contributed by atoms with Gasteiger partial charge < -0.3 is 9.47 Å². The maximum Gasteiger partial charge on any atom is 0.344 e. The van der Waals surface area contributed by atoms with E-state index in [1.165, 1.54) is 35.4 Å². The zero-order chi connectivity index (χ0) is 28.4. The number of benzene rings is 2. The van der Waals surface area contributed by atoms with Crippen molar-refractivity contribution in [2.75, 3.05) is 6.61 Å². The van der Waals surface area contributed by atoms with Gasteiger partial charge in [0.05, 0.1) is 11.8 Å². The van der Waals surface area contributed by atoms with Gasteiger partial charge in [-0.15, -0.1) is 0 Å². The van der Waals surface area contributed by atoms with E-state index in [2.05, 4.69) is 25.5 Å². The second kappa shape index (κ2) is 11.7. The molecule has 3 aliphatic carbocycles. The molecule has 0 heterocycles. The predicted molar refractivity (Wildman–Crippen MR) is 144 cm³/mol. The van der Waals surface area contributed by atoms with Crippen LogP contribution in [0.3, 0.4) is 0 Å². The van der Waals surface area contributed by atoms with Crippen molar-refractivity contribution in [3.63, 3.8) is 0 Å². The molecule has 0 amide bonds. The number of carbonyl (C=O) groups excluding carboxylic acids is 2. The Kier molecular flexibility index (Phi) is 8.35. The quantitative estimate of drug-likeness (QED) is 0.324. The van der Waals surface area contributed by atoms with E-state index in [-0.39, 0.29) is 22.0 Å². The molecule has 0 bridgehead atoms. The molecule has 8 nitrogen and oxygen atoms in total. The number of fused-ring (bicyclic) bond motifs is 5. The third-order valence-electron chi connectivity index (χ3n) is 8.50. The summed E-state index contributed by atoms with van der Waals surface area (Å²) in [6.07, 6.45) is 6.16. The van der Waals surface area contributed by atoms with Crippen LogP contribution in [0.5, 0.6) is 0 Å². The van der Waals surface area contributed by atoms with Crippen LogP contribution in [-0.4, -0.2) is 39.5 Å². The molecule has 0 saturated heterocycles. The van der Waals surface area contributed by atoms with Gasteiger partial charge >= 0.3 is 35.6 Å². The van der Waals surface area contributed by atoms with Gasteiger partial charge in [0.15, 0.2) is 6.61 Å². The van der Waals surface area contributed by atoms with Crippen molar-refractivity contribution < 1.29 is 33.6 Å². The normalized spacial score (nSPS) is 27.7. The standard InChI is InChI=1S/C27H31NO6S.BHOS/c1-27-15-14-21-20-5-3-2-4-17(20)8-11-22(21)23(27)12-13-24(27)34-25(29)16-33-26(30)18-6-9-19(10-7-18)35(28,31)32;2-1-3/h2-7,9-10,21-24H,8,11-16H2,1H3,(H2,28,31,32);3H/t21?,22?,23?,24-,27-;/m0./s1/i2T;. The molecule has 3 unspecified atom stereocenters. The first kappa shape index (κ1) is 27.1. The van der Waals surface area contributed by atoms with E-state index in [4.69, 9.17) is 20.7 Å². The Morgan fingerprint density at radius 3 is 2.55 bits per heavy atom. The molecule has 2 saturated carbocycles. The number of nitrogens with two attached hydrogens (primary N) is 1. The first-order valence-electron chi connectivity index (χ1n) is 13.1. The van der Waals surface area contributed by atoms with E-state index in [0.717, 1.165) is 38.5 Å². The Morgan fingerprint density at radius 1 is 1.16 bits per heavy atom. The predicted octanol–water partition coefficient (Wildman–Crippen LogP) is 3.84. The van der Waals surface area contributed by atoms with E-state index in [1.807, 2.05) is 12.1 Å². The number of thiol groups is 1. The summed E-state index contributed by atoms with van der Waals surface area (Å²) in [5.41, 5.74) is 2.73. The van der Waals surface area contributed by atoms with Crippen molar-refractivity contribution >= 4 is 40.9 Å². The van der Waals surface area contributed by atoms with Gasteiger partial charge in [-0.05, 0) is 91.7 Å². The third-order valence-corrected chi connectivity index (χ3v) is 9.43. The number of aryl methyl sites for hydroxylation is 1. The number of esters is 2. The Hall–Kier alpha value is -2.50. The zero-order valence-corrected chi connectivity index (χ0v) is 22.9. The molecular formula is C27H32BNO7S2. The molecule has 0 aliphatic heterocycles. The molecule has 2 aromatic carbocycles. The van der Waals surface area contributed by atoms with E-state index in [1.54, 1.807) is 0 Å². The molecule has 2 N–H and O–H groups in total. The summed E-state index contributed by atoms with van der Waals surface area (Å²) in [5.74, 6) is 0.215. The molecular weight excluding hydrogens is 525 g/mol. The smallest absolute Gasteiger partial charge is 0.344 e. The first-order valence-corrected chi connectivity index (χ1v) is 14.7. The summed E-state index contributed by atoms with van der Waals surface area (Å²) in [4.78, 5) is 24.8. The van der Waals surface area contributed by atoms with Gasteiger partial charge in [-0.2, -0.15) is 0 Å². The van der Waals surface area contributed by atoms with E-state index < -0.39 is 28.6 Å². The van der Waals surface area contributed by atoms with E-state index in [9.17, 15) is 18.0 Å². The summed E-state index contributed by atoms with van der Waals surface area (Å²) >= 11 is 3.11. The summed E-state index contributed by atoms with van der Waals surface area (Å²) in [5, 5.41) is 5.07. The van der Waals surface area contributed by atoms with Gasteiger partial charge in [-0.3, -0.25) is 0 Å². The topological polar surface area (TPSA) is 130 Å². The fourth-order valence-electron chi connectivity index (χ4n) is 6.78. The van der Waals surface area contributed by atoms with E-state index >= 15 is 0 Å². The van der Waals surface area contributed by atoms with Crippen LogP contribution in [0.2, 0.25) is 0 Å². The number of hydrogen-bond donors (Lipinski definition) is 2. The molecule has 5 rings (SSSR count). The summed E-state index contributed by atoms with van der Waals surface area (Å²) in [7, 11) is -3.86. The van der Waals surface area contributed by atoms with Crippen molar-refractivity contribution in [3.8, 4) is 0 Å². The first-order chi connectivity index (χ1) is 18.5. The number of ether oxygens (including phenoxy) is 2. The van der Waals surface area contributed by atoms with Crippen LogP contribution < -0.4 is 5.14 Å². The SMILES string of the molecule is O=BS.[3H]c1ccc2c(c1)CCC1C2CC[C@@]2(C)C1CC[C@@H]2OC(=O)COC(=O)c1ccc(S(N)(=O)=O)cc1. The maximum atomic E-state index is 12.6. The number of primary sulfonamides is 1. The van der Waals surface area contributed by atoms with Crippen molar-refractivity contribution in [3.05, 3.63) is 65.2 Å². The monoisotopic (exact) mass is 559 g/mol. The van der Waals surface area contributed by atoms with Crippen molar-refractivity contribution in [2.24, 2.45) is 22.4 Å². The van der Waals surface area contributed by atoms with Gasteiger partial charge in [0.2, 0.25) is 10.0 Å². The van der Waals surface area contributed by atoms with Crippen LogP contribution in [0.25, 0.3) is 0 Å². The summed E-state index contributed by atoms with van der Waals surface area (Å²) < 4.78 is 50.3. The summed E-state index contributed by atoms with van der Waals surface area (Å²) in [6, 6.07) is 11.6. The zero-order valence-electron chi connectivity index (χ0n) is 22.2. The molecule has 2 aromatic rings. The molecule has 38 heavy (non-hydrogen) atoms. The van der Waals surface area contributed by atoms with Gasteiger partial charge in [0.1, 0.15) is 6.10 Å². The average molecular weight is 560 g/mol. The Morgan fingerprint density at radius 2 is 1.87 bits per heavy atom. The van der Waals surface area contributed by atoms with Gasteiger partial charge in [0, 0.05) is 5.41 Å². The second-order valence-corrected chi connectivity index (χ2v) is 12.2. The Balaban J connectivity index is 0.00000112. The van der Waals surface area contributed by atoms with Crippen LogP contribution in [0.15, 0.2) is 53.4 Å². The van der Waals surface area contributed by atoms with Crippen molar-refractivity contribution in [1.82, 2.24) is 0 Å². The van der Waals surface area contributed by atoms with Crippen molar-refractivity contribution in [1.29, 1.82) is 0 Å². The molecule has 0 aromatic heterocycles. The fraction of sp³-hybridized carbons (Fsp3) is 0.481. The second-order valence-electron chi connectivity index (χ2n) is 10.4. The van der Waals surface area contributed by atoms with Crippen LogP contribution in [0, 0.1) is 17.3 Å². The maximum absolute atomic E-state index is 12.6. The average Bonchev–Trinajstić information content (AvgIpc) is 3.23. The van der Waals surface area contributed by atoms with Gasteiger partial charge in [-0.25, -0.2) is 23.1 Å². The number of rotatable bonds is 5. The van der Waals surface area contributed by atoms with Gasteiger partial charge in [-0.1, -0.05) is 31.2 Å². The molecule has 5 atom stereocenters. The van der Waals surface area contributed by atoms with Gasteiger partial charge in [0.25, 0.3) is 0 Å². The molecule has 2 fully saturated rings. The minimum atomic E-state index is -3.86.